The van der Waals surface area contributed by atoms with Crippen molar-refractivity contribution in [2.75, 3.05) is 0 Å². The largest absolute Gasteiger partial charge is 0.0854 e. The van der Waals surface area contributed by atoms with Crippen LogP contribution in [0.3, 0.4) is 0 Å². The summed E-state index contributed by atoms with van der Waals surface area (Å²) in [7, 11) is 0. The van der Waals surface area contributed by atoms with E-state index in [9.17, 15) is 0 Å². The Morgan fingerprint density at radius 3 is 2.09 bits per heavy atom. The summed E-state index contributed by atoms with van der Waals surface area (Å²) >= 11 is 0. The van der Waals surface area contributed by atoms with Gasteiger partial charge in [-0.15, -0.1) is 0 Å². The SMILES string of the molecule is Cc1ccc(C2CCC(/C=C/C(C)/C=C\C(C)C)CC2)cc1. The molecule has 1 atom stereocenters. The zero-order chi connectivity index (χ0) is 15.9. The van der Waals surface area contributed by atoms with Gasteiger partial charge in [-0.3, -0.25) is 0 Å². The third kappa shape index (κ3) is 5.48. The Kier molecular flexibility index (Phi) is 6.49. The van der Waals surface area contributed by atoms with Gasteiger partial charge in [0.25, 0.3) is 0 Å². The summed E-state index contributed by atoms with van der Waals surface area (Å²) in [6.45, 7) is 8.92. The molecule has 0 aliphatic heterocycles. The second kappa shape index (κ2) is 8.36. The molecule has 0 aromatic heterocycles. The van der Waals surface area contributed by atoms with Crippen molar-refractivity contribution in [1.29, 1.82) is 0 Å². The van der Waals surface area contributed by atoms with Crippen LogP contribution in [0.1, 0.15) is 63.5 Å². The summed E-state index contributed by atoms with van der Waals surface area (Å²) in [5.41, 5.74) is 2.91. The topological polar surface area (TPSA) is 0 Å². The molecule has 1 unspecified atom stereocenters. The molecule has 0 heteroatoms. The minimum Gasteiger partial charge on any atom is -0.0854 e. The third-order valence-electron chi connectivity index (χ3n) is 4.81. The van der Waals surface area contributed by atoms with Gasteiger partial charge in [0, 0.05) is 0 Å². The van der Waals surface area contributed by atoms with Crippen molar-refractivity contribution < 1.29 is 0 Å². The van der Waals surface area contributed by atoms with Crippen LogP contribution in [0.2, 0.25) is 0 Å². The van der Waals surface area contributed by atoms with Gasteiger partial charge in [-0.05, 0) is 61.8 Å². The lowest BCUT2D eigenvalue weighted by molar-refractivity contribution is 0.375. The summed E-state index contributed by atoms with van der Waals surface area (Å²) in [5, 5.41) is 0. The Bertz CT molecular complexity index is 481. The molecule has 0 saturated heterocycles. The number of hydrogen-bond donors (Lipinski definition) is 0. The van der Waals surface area contributed by atoms with Crippen molar-refractivity contribution >= 4 is 0 Å². The summed E-state index contributed by atoms with van der Waals surface area (Å²) < 4.78 is 0. The highest BCUT2D eigenvalue weighted by molar-refractivity contribution is 5.25. The zero-order valence-corrected chi connectivity index (χ0v) is 14.8. The van der Waals surface area contributed by atoms with E-state index in [0.717, 1.165) is 11.8 Å². The molecule has 22 heavy (non-hydrogen) atoms. The first-order chi connectivity index (χ1) is 10.5. The van der Waals surface area contributed by atoms with E-state index in [1.807, 2.05) is 0 Å². The molecule has 1 fully saturated rings. The van der Waals surface area contributed by atoms with E-state index in [-0.39, 0.29) is 0 Å². The molecule has 0 radical (unpaired) electrons. The van der Waals surface area contributed by atoms with Crippen molar-refractivity contribution in [3.8, 4) is 0 Å². The molecule has 120 valence electrons. The van der Waals surface area contributed by atoms with E-state index < -0.39 is 0 Å². The first kappa shape index (κ1) is 17.1. The Hall–Kier alpha value is -1.30. The number of allylic oxidation sites excluding steroid dienone is 4. The Labute approximate surface area is 137 Å². The fraction of sp³-hybridized carbons (Fsp3) is 0.545. The fourth-order valence-corrected chi connectivity index (χ4v) is 3.28. The second-order valence-corrected chi connectivity index (χ2v) is 7.40. The third-order valence-corrected chi connectivity index (χ3v) is 4.81. The monoisotopic (exact) mass is 296 g/mol. The van der Waals surface area contributed by atoms with Crippen LogP contribution in [-0.4, -0.2) is 0 Å². The van der Waals surface area contributed by atoms with Crippen molar-refractivity contribution in [2.45, 2.75) is 59.3 Å². The molecular formula is C22H32. The Morgan fingerprint density at radius 1 is 0.864 bits per heavy atom. The van der Waals surface area contributed by atoms with Crippen LogP contribution in [0.15, 0.2) is 48.6 Å². The minimum absolute atomic E-state index is 0.567. The molecule has 1 saturated carbocycles. The summed E-state index contributed by atoms with van der Waals surface area (Å²) in [6.07, 6.45) is 14.9. The van der Waals surface area contributed by atoms with Crippen molar-refractivity contribution in [3.05, 3.63) is 59.7 Å². The molecule has 2 rings (SSSR count). The fourth-order valence-electron chi connectivity index (χ4n) is 3.28. The summed E-state index contributed by atoms with van der Waals surface area (Å²) in [4.78, 5) is 0. The van der Waals surface area contributed by atoms with Gasteiger partial charge in [0.05, 0.1) is 0 Å². The van der Waals surface area contributed by atoms with Crippen LogP contribution in [0, 0.1) is 24.7 Å². The van der Waals surface area contributed by atoms with Crippen LogP contribution in [-0.2, 0) is 0 Å². The highest BCUT2D eigenvalue weighted by atomic mass is 14.3. The predicted octanol–water partition coefficient (Wildman–Crippen LogP) is 6.67. The van der Waals surface area contributed by atoms with Gasteiger partial charge in [-0.2, -0.15) is 0 Å². The zero-order valence-electron chi connectivity index (χ0n) is 14.8. The van der Waals surface area contributed by atoms with E-state index in [0.29, 0.717) is 11.8 Å². The maximum absolute atomic E-state index is 2.47. The van der Waals surface area contributed by atoms with E-state index in [2.05, 4.69) is 76.3 Å². The molecule has 1 aromatic carbocycles. The number of rotatable bonds is 5. The molecule has 0 heterocycles. The van der Waals surface area contributed by atoms with Crippen LogP contribution in [0.5, 0.6) is 0 Å². The van der Waals surface area contributed by atoms with E-state index in [4.69, 9.17) is 0 Å². The molecule has 1 aromatic rings. The van der Waals surface area contributed by atoms with Gasteiger partial charge >= 0.3 is 0 Å². The molecule has 0 N–H and O–H groups in total. The second-order valence-electron chi connectivity index (χ2n) is 7.40. The first-order valence-electron chi connectivity index (χ1n) is 8.98. The highest BCUT2D eigenvalue weighted by Crippen LogP contribution is 2.36. The van der Waals surface area contributed by atoms with Crippen LogP contribution in [0.4, 0.5) is 0 Å². The normalized spacial score (nSPS) is 24.4. The van der Waals surface area contributed by atoms with E-state index in [1.165, 1.54) is 31.2 Å². The molecule has 1 aliphatic carbocycles. The molecule has 0 nitrogen and oxygen atoms in total. The van der Waals surface area contributed by atoms with Crippen LogP contribution in [0.25, 0.3) is 0 Å². The van der Waals surface area contributed by atoms with Gasteiger partial charge in [-0.25, -0.2) is 0 Å². The van der Waals surface area contributed by atoms with Gasteiger partial charge in [0.1, 0.15) is 0 Å². The van der Waals surface area contributed by atoms with Gasteiger partial charge in [0.2, 0.25) is 0 Å². The molecule has 0 amide bonds. The average molecular weight is 296 g/mol. The molecule has 0 bridgehead atoms. The predicted molar refractivity (Wildman–Crippen MR) is 98.2 cm³/mol. The van der Waals surface area contributed by atoms with E-state index >= 15 is 0 Å². The molecule has 0 spiro atoms. The van der Waals surface area contributed by atoms with Crippen molar-refractivity contribution in [1.82, 2.24) is 0 Å². The van der Waals surface area contributed by atoms with Crippen LogP contribution < -0.4 is 0 Å². The standard InChI is InChI=1S/C22H32/c1-17(2)5-6-18(3)7-10-20-11-15-22(16-12-20)21-13-8-19(4)9-14-21/h5-10,13-14,17-18,20,22H,11-12,15-16H2,1-4H3/b6-5-,10-7+. The lowest BCUT2D eigenvalue weighted by Crippen LogP contribution is -2.11. The maximum Gasteiger partial charge on any atom is -0.00817 e. The summed E-state index contributed by atoms with van der Waals surface area (Å²) in [6, 6.07) is 9.16. The van der Waals surface area contributed by atoms with Crippen molar-refractivity contribution in [3.63, 3.8) is 0 Å². The van der Waals surface area contributed by atoms with Crippen LogP contribution >= 0.6 is 0 Å². The number of aryl methyl sites for hydroxylation is 1. The average Bonchev–Trinajstić information content (AvgIpc) is 2.52. The van der Waals surface area contributed by atoms with Gasteiger partial charge < -0.3 is 0 Å². The number of benzene rings is 1. The molecule has 1 aliphatic rings. The lowest BCUT2D eigenvalue weighted by atomic mass is 9.78. The maximum atomic E-state index is 2.47. The van der Waals surface area contributed by atoms with E-state index in [1.54, 1.807) is 5.56 Å². The smallest absolute Gasteiger partial charge is 0.00817 e. The highest BCUT2D eigenvalue weighted by Gasteiger charge is 2.20. The minimum atomic E-state index is 0.567. The quantitative estimate of drug-likeness (QED) is 0.532. The summed E-state index contributed by atoms with van der Waals surface area (Å²) in [5.74, 6) is 2.79. The Balaban J connectivity index is 1.80. The Morgan fingerprint density at radius 2 is 1.50 bits per heavy atom. The molecular weight excluding hydrogens is 264 g/mol. The lowest BCUT2D eigenvalue weighted by Gasteiger charge is -2.27. The van der Waals surface area contributed by atoms with Gasteiger partial charge in [0.15, 0.2) is 0 Å². The van der Waals surface area contributed by atoms with Crippen molar-refractivity contribution in [2.24, 2.45) is 17.8 Å². The first-order valence-corrected chi connectivity index (χ1v) is 8.98. The number of hydrogen-bond acceptors (Lipinski definition) is 0. The van der Waals surface area contributed by atoms with Gasteiger partial charge in [-0.1, -0.05) is 74.9 Å².